The first kappa shape index (κ1) is 18.4. The Hall–Kier alpha value is -2.63. The van der Waals surface area contributed by atoms with E-state index in [9.17, 15) is 4.79 Å². The lowest BCUT2D eigenvalue weighted by Gasteiger charge is -2.29. The largest absolute Gasteiger partial charge is 0.312 e. The molecule has 4 aromatic rings. The molecular weight excluding hydrogens is 402 g/mol. The monoisotopic (exact) mass is 421 g/mol. The molecule has 2 aromatic heterocycles. The van der Waals surface area contributed by atoms with Gasteiger partial charge >= 0.3 is 0 Å². The van der Waals surface area contributed by atoms with Gasteiger partial charge in [0.2, 0.25) is 5.91 Å². The van der Waals surface area contributed by atoms with Crippen LogP contribution in [0, 0.1) is 0 Å². The lowest BCUT2D eigenvalue weighted by molar-refractivity contribution is -0.118. The number of hydrogen-bond donors (Lipinski definition) is 0. The molecule has 1 amide bonds. The van der Waals surface area contributed by atoms with Crippen LogP contribution >= 0.6 is 22.9 Å². The summed E-state index contributed by atoms with van der Waals surface area (Å²) in [7, 11) is 0. The van der Waals surface area contributed by atoms with Crippen molar-refractivity contribution in [3.8, 4) is 11.3 Å². The van der Waals surface area contributed by atoms with Crippen molar-refractivity contribution in [1.29, 1.82) is 0 Å². The van der Waals surface area contributed by atoms with Gasteiger partial charge in [-0.2, -0.15) is 0 Å². The van der Waals surface area contributed by atoms with Gasteiger partial charge < -0.3 is 4.90 Å². The number of carbonyl (C=O) groups is 1. The second-order valence-electron chi connectivity index (χ2n) is 7.29. The van der Waals surface area contributed by atoms with E-state index >= 15 is 0 Å². The van der Waals surface area contributed by atoms with Crippen LogP contribution in [0.1, 0.15) is 24.1 Å². The fourth-order valence-electron chi connectivity index (χ4n) is 3.93. The van der Waals surface area contributed by atoms with Crippen LogP contribution in [0.2, 0.25) is 5.02 Å². The van der Waals surface area contributed by atoms with Gasteiger partial charge in [-0.3, -0.25) is 9.20 Å². The van der Waals surface area contributed by atoms with Crippen LogP contribution in [0.5, 0.6) is 0 Å². The Kier molecular flexibility index (Phi) is 4.86. The maximum absolute atomic E-state index is 12.9. The van der Waals surface area contributed by atoms with Crippen LogP contribution in [0.15, 0.2) is 60.1 Å². The highest BCUT2D eigenvalue weighted by Gasteiger charge is 2.22. The minimum atomic E-state index is 0.189. The van der Waals surface area contributed by atoms with Gasteiger partial charge in [0.1, 0.15) is 0 Å². The molecule has 0 unspecified atom stereocenters. The Morgan fingerprint density at radius 2 is 1.97 bits per heavy atom. The zero-order valence-electron chi connectivity index (χ0n) is 15.8. The fourth-order valence-corrected chi connectivity index (χ4v) is 4.96. The molecule has 29 heavy (non-hydrogen) atoms. The van der Waals surface area contributed by atoms with Crippen LogP contribution in [0.25, 0.3) is 16.2 Å². The van der Waals surface area contributed by atoms with E-state index in [0.29, 0.717) is 17.9 Å². The maximum atomic E-state index is 12.9. The fraction of sp³-hybridized carbons (Fsp3) is 0.217. The number of fused-ring (bicyclic) bond motifs is 2. The summed E-state index contributed by atoms with van der Waals surface area (Å²) in [6.45, 7) is 0.806. The van der Waals surface area contributed by atoms with E-state index in [4.69, 9.17) is 16.6 Å². The molecule has 0 N–H and O–H groups in total. The van der Waals surface area contributed by atoms with Crippen LogP contribution in [0.3, 0.4) is 0 Å². The number of imidazole rings is 1. The zero-order chi connectivity index (χ0) is 19.8. The number of hydrogen-bond acceptors (Lipinski definition) is 3. The predicted octanol–water partition coefficient (Wildman–Crippen LogP) is 5.63. The first-order valence-electron chi connectivity index (χ1n) is 9.79. The summed E-state index contributed by atoms with van der Waals surface area (Å²) in [5, 5.41) is 2.82. The molecule has 6 heteroatoms. The van der Waals surface area contributed by atoms with E-state index in [2.05, 4.69) is 21.9 Å². The van der Waals surface area contributed by atoms with E-state index in [1.807, 2.05) is 47.5 Å². The second-order valence-corrected chi connectivity index (χ2v) is 8.56. The van der Waals surface area contributed by atoms with E-state index in [-0.39, 0.29) is 5.91 Å². The number of rotatable bonds is 4. The molecule has 0 saturated carbocycles. The molecule has 2 aromatic carbocycles. The highest BCUT2D eigenvalue weighted by Crippen LogP contribution is 2.28. The molecule has 3 heterocycles. The van der Waals surface area contributed by atoms with Gasteiger partial charge in [-0.1, -0.05) is 41.9 Å². The van der Waals surface area contributed by atoms with E-state index in [1.165, 1.54) is 5.56 Å². The molecule has 0 saturated heterocycles. The lowest BCUT2D eigenvalue weighted by Crippen LogP contribution is -2.35. The third-order valence-electron chi connectivity index (χ3n) is 5.43. The molecule has 1 aliphatic heterocycles. The van der Waals surface area contributed by atoms with Crippen molar-refractivity contribution in [3.63, 3.8) is 0 Å². The first-order chi connectivity index (χ1) is 14.2. The van der Waals surface area contributed by atoms with Crippen LogP contribution in [-0.2, 0) is 17.6 Å². The van der Waals surface area contributed by atoms with Crippen LogP contribution in [-0.4, -0.2) is 21.8 Å². The SMILES string of the molecule is O=C(CCc1csc2nc(-c3ccc(Cl)cc3)cn12)N1CCCc2ccccc21. The maximum Gasteiger partial charge on any atom is 0.227 e. The average molecular weight is 422 g/mol. The van der Waals surface area contributed by atoms with Gasteiger partial charge in [-0.25, -0.2) is 4.98 Å². The summed E-state index contributed by atoms with van der Waals surface area (Å²) in [5.74, 6) is 0.189. The number of aryl methyl sites for hydroxylation is 2. The van der Waals surface area contributed by atoms with Crippen molar-refractivity contribution < 1.29 is 4.79 Å². The topological polar surface area (TPSA) is 37.6 Å². The third-order valence-corrected chi connectivity index (χ3v) is 6.57. The molecule has 0 radical (unpaired) electrons. The molecule has 0 fully saturated rings. The van der Waals surface area contributed by atoms with Crippen molar-refractivity contribution in [2.45, 2.75) is 25.7 Å². The van der Waals surface area contributed by atoms with Crippen molar-refractivity contribution in [3.05, 3.63) is 76.4 Å². The highest BCUT2D eigenvalue weighted by molar-refractivity contribution is 7.15. The van der Waals surface area contributed by atoms with Crippen molar-refractivity contribution in [2.75, 3.05) is 11.4 Å². The number of halogens is 1. The number of anilines is 1. The number of benzene rings is 2. The molecule has 146 valence electrons. The Morgan fingerprint density at radius 1 is 1.14 bits per heavy atom. The lowest BCUT2D eigenvalue weighted by atomic mass is 10.0. The predicted molar refractivity (Wildman–Crippen MR) is 119 cm³/mol. The van der Waals surface area contributed by atoms with Gasteiger partial charge in [0.25, 0.3) is 0 Å². The average Bonchev–Trinajstić information content (AvgIpc) is 3.33. The summed E-state index contributed by atoms with van der Waals surface area (Å²) < 4.78 is 2.10. The summed E-state index contributed by atoms with van der Waals surface area (Å²) in [6, 6.07) is 15.9. The summed E-state index contributed by atoms with van der Waals surface area (Å²) >= 11 is 7.60. The van der Waals surface area contributed by atoms with Crippen LogP contribution in [0.4, 0.5) is 5.69 Å². The normalized spacial score (nSPS) is 13.6. The number of carbonyl (C=O) groups excluding carboxylic acids is 1. The zero-order valence-corrected chi connectivity index (χ0v) is 17.4. The van der Waals surface area contributed by atoms with E-state index in [0.717, 1.165) is 47.0 Å². The Labute approximate surface area is 178 Å². The standard InChI is InChI=1S/C23H20ClN3OS/c24-18-9-7-16(8-10-18)20-14-27-19(15-29-23(27)25-20)11-12-22(28)26-13-3-5-17-4-1-2-6-21(17)26/h1-2,4,6-10,14-15H,3,5,11-13H2. The summed E-state index contributed by atoms with van der Waals surface area (Å²) in [6.07, 6.45) is 5.32. The number of para-hydroxylation sites is 1. The third kappa shape index (κ3) is 3.56. The summed E-state index contributed by atoms with van der Waals surface area (Å²) in [5.41, 5.74) is 5.43. The molecule has 4 nitrogen and oxygen atoms in total. The molecule has 5 rings (SSSR count). The summed E-state index contributed by atoms with van der Waals surface area (Å²) in [4.78, 5) is 20.6. The number of amides is 1. The van der Waals surface area contributed by atoms with Crippen molar-refractivity contribution in [1.82, 2.24) is 9.38 Å². The molecule has 0 atom stereocenters. The second kappa shape index (κ2) is 7.65. The molecule has 0 spiro atoms. The molecular formula is C23H20ClN3OS. The van der Waals surface area contributed by atoms with Gasteiger partial charge in [0, 0.05) is 46.5 Å². The smallest absolute Gasteiger partial charge is 0.227 e. The van der Waals surface area contributed by atoms with Crippen molar-refractivity contribution >= 4 is 39.5 Å². The minimum Gasteiger partial charge on any atom is -0.312 e. The number of nitrogens with zero attached hydrogens (tertiary/aromatic N) is 3. The van der Waals surface area contributed by atoms with E-state index < -0.39 is 0 Å². The van der Waals surface area contributed by atoms with E-state index in [1.54, 1.807) is 11.3 Å². The minimum absolute atomic E-state index is 0.189. The van der Waals surface area contributed by atoms with Gasteiger partial charge in [0.15, 0.2) is 4.96 Å². The molecule has 0 bridgehead atoms. The van der Waals surface area contributed by atoms with Crippen LogP contribution < -0.4 is 4.90 Å². The number of thiazole rings is 1. The van der Waals surface area contributed by atoms with Crippen molar-refractivity contribution in [2.24, 2.45) is 0 Å². The first-order valence-corrected chi connectivity index (χ1v) is 11.0. The Bertz CT molecular complexity index is 1180. The van der Waals surface area contributed by atoms with Gasteiger partial charge in [-0.15, -0.1) is 11.3 Å². The molecule has 0 aliphatic carbocycles. The Morgan fingerprint density at radius 3 is 2.83 bits per heavy atom. The quantitative estimate of drug-likeness (QED) is 0.428. The molecule has 1 aliphatic rings. The number of aromatic nitrogens is 2. The van der Waals surface area contributed by atoms with Gasteiger partial charge in [-0.05, 0) is 43.0 Å². The van der Waals surface area contributed by atoms with Gasteiger partial charge in [0.05, 0.1) is 5.69 Å². The Balaban J connectivity index is 1.34. The highest BCUT2D eigenvalue weighted by atomic mass is 35.5.